The van der Waals surface area contributed by atoms with E-state index in [1.54, 1.807) is 0 Å². The molecule has 0 saturated heterocycles. The molecule has 2 nitrogen and oxygen atoms in total. The fourth-order valence-corrected chi connectivity index (χ4v) is 1.88. The summed E-state index contributed by atoms with van der Waals surface area (Å²) in [5, 5.41) is 8.91. The van der Waals surface area contributed by atoms with E-state index in [9.17, 15) is 0 Å². The molecule has 0 rings (SSSR count). The first-order valence-corrected chi connectivity index (χ1v) is 6.16. The van der Waals surface area contributed by atoms with Crippen molar-refractivity contribution in [3.05, 3.63) is 0 Å². The average molecular weight is 201 g/mol. The van der Waals surface area contributed by atoms with Crippen molar-refractivity contribution in [1.29, 1.82) is 0 Å². The first-order chi connectivity index (χ1) is 6.85. The van der Waals surface area contributed by atoms with Gasteiger partial charge in [0.2, 0.25) is 0 Å². The minimum absolute atomic E-state index is 0.336. The standard InChI is InChI=1S/C12H27NO/c1-2-3-4-5-7-12(9-11-14)8-6-10-13/h12,14H,2-11,13H2,1H3. The molecule has 0 aliphatic rings. The van der Waals surface area contributed by atoms with Gasteiger partial charge < -0.3 is 10.8 Å². The Morgan fingerprint density at radius 2 is 1.71 bits per heavy atom. The van der Waals surface area contributed by atoms with Crippen molar-refractivity contribution in [1.82, 2.24) is 0 Å². The van der Waals surface area contributed by atoms with Crippen LogP contribution in [0, 0.1) is 5.92 Å². The monoisotopic (exact) mass is 201 g/mol. The van der Waals surface area contributed by atoms with Crippen LogP contribution >= 0.6 is 0 Å². The Kier molecular flexibility index (Phi) is 10.9. The number of unbranched alkanes of at least 4 members (excludes halogenated alkanes) is 3. The second-order valence-corrected chi connectivity index (χ2v) is 4.16. The molecule has 0 amide bonds. The number of aliphatic hydroxyl groups excluding tert-OH is 1. The van der Waals surface area contributed by atoms with Crippen LogP contribution in [0.2, 0.25) is 0 Å². The van der Waals surface area contributed by atoms with Gasteiger partial charge in [-0.1, -0.05) is 39.0 Å². The summed E-state index contributed by atoms with van der Waals surface area (Å²) in [6, 6.07) is 0. The molecule has 86 valence electrons. The number of rotatable bonds is 10. The highest BCUT2D eigenvalue weighted by molar-refractivity contribution is 4.60. The van der Waals surface area contributed by atoms with Crippen molar-refractivity contribution < 1.29 is 5.11 Å². The van der Waals surface area contributed by atoms with Gasteiger partial charge in [-0.25, -0.2) is 0 Å². The summed E-state index contributed by atoms with van der Waals surface area (Å²) in [5.74, 6) is 0.709. The maximum Gasteiger partial charge on any atom is 0.0433 e. The summed E-state index contributed by atoms with van der Waals surface area (Å²) < 4.78 is 0. The van der Waals surface area contributed by atoms with E-state index >= 15 is 0 Å². The van der Waals surface area contributed by atoms with E-state index in [2.05, 4.69) is 6.92 Å². The maximum absolute atomic E-state index is 8.91. The Bertz CT molecular complexity index is 106. The zero-order valence-electron chi connectivity index (χ0n) is 9.67. The largest absolute Gasteiger partial charge is 0.396 e. The third kappa shape index (κ3) is 8.52. The molecule has 0 heterocycles. The van der Waals surface area contributed by atoms with Crippen LogP contribution in [0.1, 0.15) is 58.3 Å². The molecule has 2 heteroatoms. The molecule has 14 heavy (non-hydrogen) atoms. The van der Waals surface area contributed by atoms with Gasteiger partial charge in [-0.3, -0.25) is 0 Å². The maximum atomic E-state index is 8.91. The van der Waals surface area contributed by atoms with Crippen molar-refractivity contribution in [2.45, 2.75) is 58.3 Å². The van der Waals surface area contributed by atoms with Crippen LogP contribution in [-0.2, 0) is 0 Å². The molecule has 0 aromatic rings. The van der Waals surface area contributed by atoms with Crippen LogP contribution in [-0.4, -0.2) is 18.3 Å². The first-order valence-electron chi connectivity index (χ1n) is 6.16. The predicted octanol–water partition coefficient (Wildman–Crippen LogP) is 2.69. The SMILES string of the molecule is CCCCCCC(CCO)CCCN. The summed E-state index contributed by atoms with van der Waals surface area (Å²) in [4.78, 5) is 0. The first kappa shape index (κ1) is 13.9. The molecule has 0 aromatic carbocycles. The third-order valence-electron chi connectivity index (χ3n) is 2.82. The van der Waals surface area contributed by atoms with E-state index in [-0.39, 0.29) is 0 Å². The van der Waals surface area contributed by atoms with Gasteiger partial charge in [0.25, 0.3) is 0 Å². The van der Waals surface area contributed by atoms with Gasteiger partial charge in [-0.2, -0.15) is 0 Å². The van der Waals surface area contributed by atoms with E-state index in [1.807, 2.05) is 0 Å². The lowest BCUT2D eigenvalue weighted by atomic mass is 9.93. The molecular weight excluding hydrogens is 174 g/mol. The predicted molar refractivity (Wildman–Crippen MR) is 62.2 cm³/mol. The minimum atomic E-state index is 0.336. The lowest BCUT2D eigenvalue weighted by Gasteiger charge is -2.14. The molecule has 0 saturated carbocycles. The lowest BCUT2D eigenvalue weighted by Crippen LogP contribution is -2.07. The molecule has 0 spiro atoms. The van der Waals surface area contributed by atoms with Gasteiger partial charge in [0.05, 0.1) is 0 Å². The molecule has 0 bridgehead atoms. The molecule has 3 N–H and O–H groups in total. The van der Waals surface area contributed by atoms with Crippen molar-refractivity contribution in [3.63, 3.8) is 0 Å². The van der Waals surface area contributed by atoms with Gasteiger partial charge >= 0.3 is 0 Å². The van der Waals surface area contributed by atoms with E-state index < -0.39 is 0 Å². The van der Waals surface area contributed by atoms with Gasteiger partial charge in [0, 0.05) is 6.61 Å². The lowest BCUT2D eigenvalue weighted by molar-refractivity contribution is 0.242. The van der Waals surface area contributed by atoms with Crippen molar-refractivity contribution in [3.8, 4) is 0 Å². The van der Waals surface area contributed by atoms with Crippen molar-refractivity contribution >= 4 is 0 Å². The minimum Gasteiger partial charge on any atom is -0.396 e. The Morgan fingerprint density at radius 3 is 2.29 bits per heavy atom. The molecule has 1 atom stereocenters. The van der Waals surface area contributed by atoms with E-state index in [1.165, 1.54) is 38.5 Å². The number of aliphatic hydroxyl groups is 1. The fourth-order valence-electron chi connectivity index (χ4n) is 1.88. The molecule has 0 aliphatic carbocycles. The molecule has 0 aliphatic heterocycles. The second kappa shape index (κ2) is 11.0. The summed E-state index contributed by atoms with van der Waals surface area (Å²) in [6.45, 7) is 3.36. The molecule has 0 fully saturated rings. The Labute approximate surface area is 88.9 Å². The quantitative estimate of drug-likeness (QED) is 0.534. The van der Waals surface area contributed by atoms with Crippen molar-refractivity contribution in [2.24, 2.45) is 11.7 Å². The summed E-state index contributed by atoms with van der Waals surface area (Å²) >= 11 is 0. The smallest absolute Gasteiger partial charge is 0.0433 e. The molecule has 1 unspecified atom stereocenters. The topological polar surface area (TPSA) is 46.2 Å². The van der Waals surface area contributed by atoms with Crippen LogP contribution in [0.3, 0.4) is 0 Å². The molecular formula is C12H27NO. The highest BCUT2D eigenvalue weighted by atomic mass is 16.3. The van der Waals surface area contributed by atoms with Gasteiger partial charge in [0.1, 0.15) is 0 Å². The normalized spacial score (nSPS) is 13.1. The zero-order chi connectivity index (χ0) is 10.6. The van der Waals surface area contributed by atoms with Crippen LogP contribution in [0.4, 0.5) is 0 Å². The van der Waals surface area contributed by atoms with E-state index in [0.717, 1.165) is 19.4 Å². The van der Waals surface area contributed by atoms with Gasteiger partial charge in [-0.15, -0.1) is 0 Å². The molecule has 0 radical (unpaired) electrons. The molecule has 0 aromatic heterocycles. The van der Waals surface area contributed by atoms with Crippen LogP contribution < -0.4 is 5.73 Å². The Morgan fingerprint density at radius 1 is 1.00 bits per heavy atom. The summed E-state index contributed by atoms with van der Waals surface area (Å²) in [5.41, 5.74) is 5.49. The second-order valence-electron chi connectivity index (χ2n) is 4.16. The number of hydrogen-bond donors (Lipinski definition) is 2. The number of nitrogens with two attached hydrogens (primary N) is 1. The highest BCUT2D eigenvalue weighted by Gasteiger charge is 2.06. The van der Waals surface area contributed by atoms with E-state index in [4.69, 9.17) is 10.8 Å². The van der Waals surface area contributed by atoms with Crippen molar-refractivity contribution in [2.75, 3.05) is 13.2 Å². The Balaban J connectivity index is 3.40. The average Bonchev–Trinajstić information content (AvgIpc) is 2.20. The van der Waals surface area contributed by atoms with Crippen LogP contribution in [0.25, 0.3) is 0 Å². The van der Waals surface area contributed by atoms with Crippen LogP contribution in [0.5, 0.6) is 0 Å². The summed E-state index contributed by atoms with van der Waals surface area (Å²) in [7, 11) is 0. The van der Waals surface area contributed by atoms with E-state index in [0.29, 0.717) is 12.5 Å². The third-order valence-corrected chi connectivity index (χ3v) is 2.82. The Hall–Kier alpha value is -0.0800. The van der Waals surface area contributed by atoms with Gasteiger partial charge in [0.15, 0.2) is 0 Å². The van der Waals surface area contributed by atoms with Crippen LogP contribution in [0.15, 0.2) is 0 Å². The number of hydrogen-bond acceptors (Lipinski definition) is 2. The highest BCUT2D eigenvalue weighted by Crippen LogP contribution is 2.18. The summed E-state index contributed by atoms with van der Waals surface area (Å²) in [6.07, 6.45) is 9.87. The fraction of sp³-hybridized carbons (Fsp3) is 1.00. The van der Waals surface area contributed by atoms with Gasteiger partial charge in [-0.05, 0) is 31.7 Å². The zero-order valence-corrected chi connectivity index (χ0v) is 9.67.